The molecule has 0 radical (unpaired) electrons. The minimum absolute atomic E-state index is 0.0370. The van der Waals surface area contributed by atoms with Gasteiger partial charge in [0.25, 0.3) is 0 Å². The highest BCUT2D eigenvalue weighted by Crippen LogP contribution is 2.25. The molecular formula is C13H27NO4Si2. The lowest BCUT2D eigenvalue weighted by atomic mass is 10.3. The highest BCUT2D eigenvalue weighted by Gasteiger charge is 2.31. The molecular weight excluding hydrogens is 290 g/mol. The third-order valence-corrected chi connectivity index (χ3v) is 6.66. The van der Waals surface area contributed by atoms with E-state index in [1.54, 1.807) is 0 Å². The van der Waals surface area contributed by atoms with E-state index in [0.717, 1.165) is 19.1 Å². The Labute approximate surface area is 125 Å². The summed E-state index contributed by atoms with van der Waals surface area (Å²) in [5.74, 6) is 0. The summed E-state index contributed by atoms with van der Waals surface area (Å²) in [5.41, 5.74) is 0. The number of rotatable bonds is 10. The van der Waals surface area contributed by atoms with Crippen LogP contribution in [0.25, 0.3) is 0 Å². The Bertz CT molecular complexity index is 297. The maximum atomic E-state index is 8.33. The van der Waals surface area contributed by atoms with Crippen LogP contribution in [0, 0.1) is 11.3 Å². The molecule has 0 bridgehead atoms. The summed E-state index contributed by atoms with van der Waals surface area (Å²) in [6, 6.07) is 3.29. The fourth-order valence-corrected chi connectivity index (χ4v) is 5.23. The predicted octanol–water partition coefficient (Wildman–Crippen LogP) is 1.72. The van der Waals surface area contributed by atoms with Crippen molar-refractivity contribution < 1.29 is 18.3 Å². The summed E-state index contributed by atoms with van der Waals surface area (Å²) in [6.07, 6.45) is 4.38. The van der Waals surface area contributed by atoms with E-state index in [1.165, 1.54) is 12.5 Å². The van der Waals surface area contributed by atoms with E-state index in [1.807, 2.05) is 6.07 Å². The van der Waals surface area contributed by atoms with Gasteiger partial charge >= 0.3 is 0 Å². The molecule has 0 spiro atoms. The molecule has 5 nitrogen and oxygen atoms in total. The van der Waals surface area contributed by atoms with Crippen LogP contribution in [0.5, 0.6) is 0 Å². The van der Waals surface area contributed by atoms with Crippen LogP contribution >= 0.6 is 0 Å². The maximum Gasteiger partial charge on any atom is 0.190 e. The largest absolute Gasteiger partial charge is 0.398 e. The van der Waals surface area contributed by atoms with Gasteiger partial charge in [-0.15, -0.1) is 0 Å². The van der Waals surface area contributed by atoms with Gasteiger partial charge in [0.1, 0.15) is 6.29 Å². The fourth-order valence-electron chi connectivity index (χ4n) is 2.11. The first kappa shape index (κ1) is 17.8. The van der Waals surface area contributed by atoms with Gasteiger partial charge in [-0.2, -0.15) is 5.26 Å². The number of nitrogens with zero attached hydrogens (tertiary/aromatic N) is 1. The van der Waals surface area contributed by atoms with Crippen LogP contribution in [-0.2, 0) is 18.3 Å². The van der Waals surface area contributed by atoms with E-state index >= 15 is 0 Å². The summed E-state index contributed by atoms with van der Waals surface area (Å²) in [5, 5.41) is 8.33. The Balaban J connectivity index is 1.86. The zero-order valence-corrected chi connectivity index (χ0v) is 15.1. The summed E-state index contributed by atoms with van der Waals surface area (Å²) >= 11 is 0. The molecule has 1 aliphatic heterocycles. The van der Waals surface area contributed by atoms with Gasteiger partial charge in [0.15, 0.2) is 18.1 Å². The third-order valence-electron chi connectivity index (χ3n) is 3.14. The molecule has 116 valence electrons. The summed E-state index contributed by atoms with van der Waals surface area (Å²) in [7, 11) is -2.07. The number of hydrogen-bond acceptors (Lipinski definition) is 5. The van der Waals surface area contributed by atoms with Crippen molar-refractivity contribution in [3.05, 3.63) is 0 Å². The van der Waals surface area contributed by atoms with Crippen LogP contribution < -0.4 is 0 Å². The number of ether oxygens (including phenoxy) is 2. The normalized spacial score (nSPS) is 22.1. The smallest absolute Gasteiger partial charge is 0.190 e. The molecule has 0 N–H and O–H groups in total. The molecule has 1 fully saturated rings. The molecule has 1 unspecified atom stereocenters. The zero-order chi connectivity index (χ0) is 14.7. The van der Waals surface area contributed by atoms with E-state index < -0.39 is 18.1 Å². The van der Waals surface area contributed by atoms with Crippen LogP contribution in [-0.4, -0.2) is 50.4 Å². The Kier molecular flexibility index (Phi) is 9.34. The van der Waals surface area contributed by atoms with Crippen molar-refractivity contribution in [2.75, 3.05) is 26.1 Å². The van der Waals surface area contributed by atoms with Gasteiger partial charge in [0.2, 0.25) is 0 Å². The average Bonchev–Trinajstić information content (AvgIpc) is 2.40. The molecule has 1 rings (SSSR count). The topological polar surface area (TPSA) is 60.7 Å². The lowest BCUT2D eigenvalue weighted by Gasteiger charge is -2.34. The van der Waals surface area contributed by atoms with Gasteiger partial charge in [-0.1, -0.05) is 0 Å². The van der Waals surface area contributed by atoms with Gasteiger partial charge in [0, 0.05) is 13.2 Å². The third kappa shape index (κ3) is 8.84. The summed E-state index contributed by atoms with van der Waals surface area (Å²) in [6.45, 7) is 6.40. The first-order valence-electron chi connectivity index (χ1n) is 7.46. The minimum Gasteiger partial charge on any atom is -0.398 e. The number of nitriles is 1. The Morgan fingerprint density at radius 3 is 2.85 bits per heavy atom. The van der Waals surface area contributed by atoms with Crippen molar-refractivity contribution in [2.45, 2.75) is 51.1 Å². The van der Waals surface area contributed by atoms with E-state index in [2.05, 4.69) is 13.1 Å². The van der Waals surface area contributed by atoms with Gasteiger partial charge in [-0.3, -0.25) is 0 Å². The van der Waals surface area contributed by atoms with E-state index in [0.29, 0.717) is 26.2 Å². The molecule has 0 aromatic carbocycles. The predicted molar refractivity (Wildman–Crippen MR) is 82.5 cm³/mol. The minimum atomic E-state index is -1.43. The van der Waals surface area contributed by atoms with Crippen LogP contribution in [0.15, 0.2) is 0 Å². The fraction of sp³-hybridized carbons (Fsp3) is 0.923. The van der Waals surface area contributed by atoms with Crippen LogP contribution in [0.2, 0.25) is 19.1 Å². The quantitative estimate of drug-likeness (QED) is 0.453. The first-order valence-corrected chi connectivity index (χ1v) is 12.2. The molecule has 1 saturated heterocycles. The van der Waals surface area contributed by atoms with Crippen molar-refractivity contribution in [3.8, 4) is 6.07 Å². The first-order chi connectivity index (χ1) is 9.64. The van der Waals surface area contributed by atoms with E-state index in [9.17, 15) is 0 Å². The van der Waals surface area contributed by atoms with Crippen molar-refractivity contribution >= 4 is 18.1 Å². The van der Waals surface area contributed by atoms with Gasteiger partial charge in [-0.25, -0.2) is 0 Å². The van der Waals surface area contributed by atoms with Gasteiger partial charge in [-0.05, 0) is 38.4 Å². The Morgan fingerprint density at radius 2 is 2.10 bits per heavy atom. The Hall–Kier alpha value is -0.236. The highest BCUT2D eigenvalue weighted by molar-refractivity contribution is 6.71. The second-order valence-electron chi connectivity index (χ2n) is 5.56. The summed E-state index contributed by atoms with van der Waals surface area (Å²) in [4.78, 5) is 0. The summed E-state index contributed by atoms with van der Waals surface area (Å²) < 4.78 is 22.6. The second-order valence-corrected chi connectivity index (χ2v) is 11.0. The SMILES string of the molecule is C[Si]1(C)CCCC(O[SiH2]COCCCOCCC#N)O1. The van der Waals surface area contributed by atoms with Crippen LogP contribution in [0.3, 0.4) is 0 Å². The molecule has 1 aliphatic rings. The van der Waals surface area contributed by atoms with Crippen LogP contribution in [0.1, 0.15) is 25.7 Å². The van der Waals surface area contributed by atoms with Gasteiger partial charge < -0.3 is 18.3 Å². The van der Waals surface area contributed by atoms with Crippen LogP contribution in [0.4, 0.5) is 0 Å². The molecule has 0 aromatic heterocycles. The molecule has 0 aliphatic carbocycles. The molecule has 0 saturated carbocycles. The standard InChI is InChI=1S/C13H27NO4Si2/c1-20(2)11-3-6-13(18-20)17-19-12-16-10-5-9-15-8-4-7-14/h13H,3-6,8-12,19H2,1-2H3. The van der Waals surface area contributed by atoms with Crippen molar-refractivity contribution in [2.24, 2.45) is 0 Å². The monoisotopic (exact) mass is 317 g/mol. The molecule has 1 heterocycles. The van der Waals surface area contributed by atoms with Gasteiger partial charge in [0.05, 0.1) is 25.3 Å². The Morgan fingerprint density at radius 1 is 1.30 bits per heavy atom. The molecule has 0 amide bonds. The molecule has 7 heteroatoms. The molecule has 1 atom stereocenters. The molecule has 20 heavy (non-hydrogen) atoms. The second kappa shape index (κ2) is 10.5. The van der Waals surface area contributed by atoms with Crippen molar-refractivity contribution in [1.82, 2.24) is 0 Å². The highest BCUT2D eigenvalue weighted by atomic mass is 28.4. The van der Waals surface area contributed by atoms with Crippen molar-refractivity contribution in [3.63, 3.8) is 0 Å². The zero-order valence-electron chi connectivity index (χ0n) is 12.7. The number of hydrogen-bond donors (Lipinski definition) is 0. The maximum absolute atomic E-state index is 8.33. The lowest BCUT2D eigenvalue weighted by Crippen LogP contribution is -2.41. The van der Waals surface area contributed by atoms with E-state index in [4.69, 9.17) is 23.6 Å². The molecule has 0 aromatic rings. The average molecular weight is 318 g/mol. The van der Waals surface area contributed by atoms with Crippen molar-refractivity contribution in [1.29, 1.82) is 5.26 Å². The van der Waals surface area contributed by atoms with E-state index in [-0.39, 0.29) is 6.29 Å². The lowest BCUT2D eigenvalue weighted by molar-refractivity contribution is -0.0215.